The van der Waals surface area contributed by atoms with Crippen LogP contribution in [0, 0.1) is 11.3 Å². The molecule has 0 aliphatic heterocycles. The Morgan fingerprint density at radius 1 is 1.62 bits per heavy atom. The zero-order valence-corrected chi connectivity index (χ0v) is 10.6. The van der Waals surface area contributed by atoms with Crippen molar-refractivity contribution in [2.24, 2.45) is 0 Å². The molecule has 1 rings (SSSR count). The van der Waals surface area contributed by atoms with E-state index in [1.807, 2.05) is 6.07 Å². The van der Waals surface area contributed by atoms with E-state index in [1.54, 1.807) is 20.8 Å². The van der Waals surface area contributed by atoms with Gasteiger partial charge in [0.1, 0.15) is 22.2 Å². The highest BCUT2D eigenvalue weighted by molar-refractivity contribution is 7.11. The van der Waals surface area contributed by atoms with Crippen LogP contribution in [0.3, 0.4) is 0 Å². The summed E-state index contributed by atoms with van der Waals surface area (Å²) in [4.78, 5) is 11.4. The van der Waals surface area contributed by atoms with Gasteiger partial charge in [-0.25, -0.2) is 4.79 Å². The third-order valence-electron chi connectivity index (χ3n) is 1.38. The molecule has 0 saturated carbocycles. The van der Waals surface area contributed by atoms with E-state index in [4.69, 9.17) is 21.6 Å². The number of rotatable bonds is 1. The van der Waals surface area contributed by atoms with E-state index in [9.17, 15) is 4.79 Å². The summed E-state index contributed by atoms with van der Waals surface area (Å²) in [5.74, 6) is 0. The molecule has 1 aromatic heterocycles. The van der Waals surface area contributed by atoms with Crippen molar-refractivity contribution in [3.63, 3.8) is 0 Å². The maximum absolute atomic E-state index is 11.4. The molecule has 0 fully saturated rings. The first-order chi connectivity index (χ1) is 7.33. The second-order valence-electron chi connectivity index (χ2n) is 3.92. The van der Waals surface area contributed by atoms with Gasteiger partial charge >= 0.3 is 6.09 Å². The van der Waals surface area contributed by atoms with Crippen LogP contribution in [0.4, 0.5) is 9.80 Å². The Labute approximate surface area is 102 Å². The molecule has 0 aromatic carbocycles. The second-order valence-corrected chi connectivity index (χ2v) is 5.05. The highest BCUT2D eigenvalue weighted by Crippen LogP contribution is 2.27. The number of aromatic nitrogens is 1. The molecule has 0 unspecified atom stereocenters. The van der Waals surface area contributed by atoms with Crippen LogP contribution in [0.5, 0.6) is 0 Å². The fourth-order valence-corrected chi connectivity index (χ4v) is 1.77. The quantitative estimate of drug-likeness (QED) is 0.841. The van der Waals surface area contributed by atoms with Gasteiger partial charge in [-0.05, 0) is 32.3 Å². The van der Waals surface area contributed by atoms with Crippen molar-refractivity contribution in [1.29, 1.82) is 5.26 Å². The Balaban J connectivity index is 2.75. The molecular formula is C9H10ClN3O2S. The monoisotopic (exact) mass is 259 g/mol. The van der Waals surface area contributed by atoms with Gasteiger partial charge in [0.25, 0.3) is 0 Å². The summed E-state index contributed by atoms with van der Waals surface area (Å²) in [6.07, 6.45) is -0.635. The van der Waals surface area contributed by atoms with Crippen LogP contribution >= 0.6 is 23.1 Å². The number of halogens is 1. The second kappa shape index (κ2) is 4.68. The van der Waals surface area contributed by atoms with Gasteiger partial charge in [0, 0.05) is 0 Å². The number of carbonyl (C=O) groups excluding carboxylic acids is 1. The molecule has 0 atom stereocenters. The molecule has 0 radical (unpaired) electrons. The first-order valence-electron chi connectivity index (χ1n) is 4.39. The Bertz CT molecular complexity index is 445. The molecule has 0 aliphatic carbocycles. The molecule has 1 heterocycles. The van der Waals surface area contributed by atoms with E-state index in [-0.39, 0.29) is 10.7 Å². The lowest BCUT2D eigenvalue weighted by molar-refractivity contribution is 0.0636. The normalized spacial score (nSPS) is 10.7. The highest BCUT2D eigenvalue weighted by Gasteiger charge is 2.19. The number of nitrogens with one attached hydrogen (secondary N) is 1. The third kappa shape index (κ3) is 3.36. The Morgan fingerprint density at radius 3 is 2.75 bits per heavy atom. The minimum absolute atomic E-state index is 0.0820. The topological polar surface area (TPSA) is 75.0 Å². The Hall–Kier alpha value is -1.32. The molecule has 5 nitrogen and oxygen atoms in total. The number of nitriles is 1. The smallest absolute Gasteiger partial charge is 0.412 e. The SMILES string of the molecule is CC(C)(C)OC(=O)Nc1snc(Cl)c1C#N. The van der Waals surface area contributed by atoms with Gasteiger partial charge in [-0.2, -0.15) is 9.64 Å². The largest absolute Gasteiger partial charge is 0.444 e. The van der Waals surface area contributed by atoms with E-state index in [0.29, 0.717) is 5.00 Å². The maximum Gasteiger partial charge on any atom is 0.412 e. The van der Waals surface area contributed by atoms with Crippen LogP contribution in [0.15, 0.2) is 0 Å². The predicted octanol–water partition coefficient (Wildman–Crippen LogP) is 3.02. The van der Waals surface area contributed by atoms with Crippen molar-refractivity contribution < 1.29 is 9.53 Å². The molecule has 0 spiro atoms. The molecule has 86 valence electrons. The van der Waals surface area contributed by atoms with Gasteiger partial charge in [0.05, 0.1) is 0 Å². The summed E-state index contributed by atoms with van der Waals surface area (Å²) in [6, 6.07) is 1.86. The van der Waals surface area contributed by atoms with Crippen molar-refractivity contribution >= 4 is 34.2 Å². The number of nitrogens with zero attached hydrogens (tertiary/aromatic N) is 2. The molecule has 7 heteroatoms. The van der Waals surface area contributed by atoms with Crippen molar-refractivity contribution in [2.75, 3.05) is 5.32 Å². The number of hydrogen-bond donors (Lipinski definition) is 1. The van der Waals surface area contributed by atoms with Crippen molar-refractivity contribution in [3.05, 3.63) is 10.7 Å². The third-order valence-corrected chi connectivity index (χ3v) is 2.51. The number of hydrogen-bond acceptors (Lipinski definition) is 5. The Kier molecular flexibility index (Phi) is 3.73. The molecule has 0 bridgehead atoms. The van der Waals surface area contributed by atoms with Crippen LogP contribution in [0.25, 0.3) is 0 Å². The molecule has 0 saturated heterocycles. The number of amides is 1. The van der Waals surface area contributed by atoms with Crippen molar-refractivity contribution in [1.82, 2.24) is 4.37 Å². The van der Waals surface area contributed by atoms with E-state index >= 15 is 0 Å². The summed E-state index contributed by atoms with van der Waals surface area (Å²) >= 11 is 6.59. The van der Waals surface area contributed by atoms with Crippen LogP contribution in [0.1, 0.15) is 26.3 Å². The molecule has 16 heavy (non-hydrogen) atoms. The summed E-state index contributed by atoms with van der Waals surface area (Å²) in [5.41, 5.74) is -0.441. The molecule has 1 aromatic rings. The molecule has 1 N–H and O–H groups in total. The molecule has 1 amide bonds. The van der Waals surface area contributed by atoms with Crippen molar-refractivity contribution in [2.45, 2.75) is 26.4 Å². The lowest BCUT2D eigenvalue weighted by Gasteiger charge is -2.19. The minimum Gasteiger partial charge on any atom is -0.444 e. The average molecular weight is 260 g/mol. The number of anilines is 1. The lowest BCUT2D eigenvalue weighted by atomic mass is 10.2. The van der Waals surface area contributed by atoms with Gasteiger partial charge in [-0.15, -0.1) is 0 Å². The van der Waals surface area contributed by atoms with Gasteiger partial charge in [0.15, 0.2) is 5.15 Å². The highest BCUT2D eigenvalue weighted by atomic mass is 35.5. The number of ether oxygens (including phenoxy) is 1. The minimum atomic E-state index is -0.635. The summed E-state index contributed by atoms with van der Waals surface area (Å²) < 4.78 is 8.78. The average Bonchev–Trinajstić information content (AvgIpc) is 2.43. The summed E-state index contributed by atoms with van der Waals surface area (Å²) in [7, 11) is 0. The van der Waals surface area contributed by atoms with Crippen molar-refractivity contribution in [3.8, 4) is 6.07 Å². The summed E-state index contributed by atoms with van der Waals surface area (Å²) in [6.45, 7) is 5.24. The fourth-order valence-electron chi connectivity index (χ4n) is 0.849. The predicted molar refractivity (Wildman–Crippen MR) is 61.7 cm³/mol. The summed E-state index contributed by atoms with van der Waals surface area (Å²) in [5, 5.41) is 11.6. The standard InChI is InChI=1S/C9H10ClN3O2S/c1-9(2,3)15-8(14)12-7-5(4-11)6(10)13-16-7/h1-3H3,(H,12,14). The zero-order valence-electron chi connectivity index (χ0n) is 9.00. The van der Waals surface area contributed by atoms with E-state index in [2.05, 4.69) is 9.69 Å². The Morgan fingerprint density at radius 2 is 2.25 bits per heavy atom. The number of carbonyl (C=O) groups is 1. The fraction of sp³-hybridized carbons (Fsp3) is 0.444. The van der Waals surface area contributed by atoms with Crippen LogP contribution < -0.4 is 5.32 Å². The van der Waals surface area contributed by atoms with Gasteiger partial charge in [-0.1, -0.05) is 11.6 Å². The van der Waals surface area contributed by atoms with Crippen LogP contribution in [-0.2, 0) is 4.74 Å². The molecule has 0 aliphatic rings. The zero-order chi connectivity index (χ0) is 12.3. The van der Waals surface area contributed by atoms with E-state index < -0.39 is 11.7 Å². The first-order valence-corrected chi connectivity index (χ1v) is 5.54. The molecular weight excluding hydrogens is 250 g/mol. The first kappa shape index (κ1) is 12.7. The van der Waals surface area contributed by atoms with E-state index in [1.165, 1.54) is 0 Å². The van der Waals surface area contributed by atoms with Crippen LogP contribution in [-0.4, -0.2) is 16.1 Å². The van der Waals surface area contributed by atoms with Gasteiger partial charge < -0.3 is 4.74 Å². The maximum atomic E-state index is 11.4. The van der Waals surface area contributed by atoms with Crippen LogP contribution in [0.2, 0.25) is 5.15 Å². The lowest BCUT2D eigenvalue weighted by Crippen LogP contribution is -2.27. The van der Waals surface area contributed by atoms with Gasteiger partial charge in [-0.3, -0.25) is 5.32 Å². The van der Waals surface area contributed by atoms with Gasteiger partial charge in [0.2, 0.25) is 0 Å². The van der Waals surface area contributed by atoms with E-state index in [0.717, 1.165) is 11.5 Å².